The van der Waals surface area contributed by atoms with Gasteiger partial charge in [0.15, 0.2) is 0 Å². The van der Waals surface area contributed by atoms with Crippen molar-refractivity contribution < 1.29 is 9.84 Å². The molecule has 18 heavy (non-hydrogen) atoms. The summed E-state index contributed by atoms with van der Waals surface area (Å²) in [5.74, 6) is 0. The van der Waals surface area contributed by atoms with Crippen LogP contribution in [0.5, 0.6) is 0 Å². The maximum atomic E-state index is 10.5. The molecule has 0 spiro atoms. The van der Waals surface area contributed by atoms with Crippen LogP contribution in [0.3, 0.4) is 0 Å². The summed E-state index contributed by atoms with van der Waals surface area (Å²) in [6.45, 7) is 5.08. The molecule has 1 aliphatic heterocycles. The van der Waals surface area contributed by atoms with E-state index in [1.807, 2.05) is 0 Å². The molecule has 3 nitrogen and oxygen atoms in total. The van der Waals surface area contributed by atoms with Gasteiger partial charge >= 0.3 is 0 Å². The minimum atomic E-state index is -0.574. The predicted molar refractivity (Wildman–Crippen MR) is 72.5 cm³/mol. The van der Waals surface area contributed by atoms with Gasteiger partial charge < -0.3 is 9.84 Å². The highest BCUT2D eigenvalue weighted by Gasteiger charge is 2.30. The molecule has 1 fully saturated rings. The van der Waals surface area contributed by atoms with Gasteiger partial charge in [-0.15, -0.1) is 0 Å². The summed E-state index contributed by atoms with van der Waals surface area (Å²) in [5, 5.41) is 10.5. The SMILES string of the molecule is Cc1ccccc1CN(C)CC1(O)CCOCC1. The Balaban J connectivity index is 1.92. The van der Waals surface area contributed by atoms with Gasteiger partial charge in [-0.3, -0.25) is 4.90 Å². The highest BCUT2D eigenvalue weighted by atomic mass is 16.5. The number of hydrogen-bond acceptors (Lipinski definition) is 3. The van der Waals surface area contributed by atoms with Crippen molar-refractivity contribution in [2.45, 2.75) is 31.9 Å². The molecule has 1 heterocycles. The first-order valence-electron chi connectivity index (χ1n) is 6.62. The molecule has 1 aliphatic rings. The Labute approximate surface area is 109 Å². The number of nitrogens with zero attached hydrogens (tertiary/aromatic N) is 1. The Hall–Kier alpha value is -0.900. The fourth-order valence-corrected chi connectivity index (χ4v) is 2.55. The molecule has 2 rings (SSSR count). The molecule has 0 amide bonds. The number of aliphatic hydroxyl groups is 1. The lowest BCUT2D eigenvalue weighted by molar-refractivity contribution is -0.0777. The van der Waals surface area contributed by atoms with Crippen LogP contribution in [-0.4, -0.2) is 42.4 Å². The van der Waals surface area contributed by atoms with Gasteiger partial charge in [-0.25, -0.2) is 0 Å². The first-order chi connectivity index (χ1) is 8.59. The van der Waals surface area contributed by atoms with Crippen LogP contribution in [0.15, 0.2) is 24.3 Å². The summed E-state index contributed by atoms with van der Waals surface area (Å²) in [6, 6.07) is 8.41. The van der Waals surface area contributed by atoms with Crippen molar-refractivity contribution in [3.63, 3.8) is 0 Å². The quantitative estimate of drug-likeness (QED) is 0.885. The summed E-state index contributed by atoms with van der Waals surface area (Å²) >= 11 is 0. The number of rotatable bonds is 4. The molecule has 0 saturated carbocycles. The van der Waals surface area contributed by atoms with Crippen LogP contribution in [0, 0.1) is 6.92 Å². The smallest absolute Gasteiger partial charge is 0.0817 e. The highest BCUT2D eigenvalue weighted by molar-refractivity contribution is 5.25. The molecule has 0 unspecified atom stereocenters. The van der Waals surface area contributed by atoms with Crippen molar-refractivity contribution in [3.05, 3.63) is 35.4 Å². The molecule has 1 aromatic rings. The van der Waals surface area contributed by atoms with Crippen molar-refractivity contribution >= 4 is 0 Å². The van der Waals surface area contributed by atoms with Crippen LogP contribution in [0.4, 0.5) is 0 Å². The average Bonchev–Trinajstić information content (AvgIpc) is 2.32. The second-order valence-corrected chi connectivity index (χ2v) is 5.44. The Morgan fingerprint density at radius 3 is 2.61 bits per heavy atom. The topological polar surface area (TPSA) is 32.7 Å². The second-order valence-electron chi connectivity index (χ2n) is 5.44. The van der Waals surface area contributed by atoms with E-state index in [1.165, 1.54) is 11.1 Å². The molecule has 0 radical (unpaired) electrons. The number of likely N-dealkylation sites (N-methyl/N-ethyl adjacent to an activating group) is 1. The van der Waals surface area contributed by atoms with E-state index in [0.717, 1.165) is 19.4 Å². The first-order valence-corrected chi connectivity index (χ1v) is 6.62. The lowest BCUT2D eigenvalue weighted by atomic mass is 9.93. The summed E-state index contributed by atoms with van der Waals surface area (Å²) in [7, 11) is 2.07. The maximum Gasteiger partial charge on any atom is 0.0817 e. The number of aryl methyl sites for hydroxylation is 1. The normalized spacial score (nSPS) is 19.1. The lowest BCUT2D eigenvalue weighted by Crippen LogP contribution is -2.45. The van der Waals surface area contributed by atoms with E-state index in [0.29, 0.717) is 19.8 Å². The Kier molecular flexibility index (Phi) is 4.38. The molecule has 0 aromatic heterocycles. The van der Waals surface area contributed by atoms with Gasteiger partial charge in [0.25, 0.3) is 0 Å². The third-order valence-corrected chi connectivity index (χ3v) is 3.69. The third kappa shape index (κ3) is 3.55. The molecule has 1 saturated heterocycles. The zero-order valence-corrected chi connectivity index (χ0v) is 11.4. The van der Waals surface area contributed by atoms with Crippen LogP contribution in [0.2, 0.25) is 0 Å². The number of ether oxygens (including phenoxy) is 1. The van der Waals surface area contributed by atoms with Gasteiger partial charge in [0, 0.05) is 39.1 Å². The highest BCUT2D eigenvalue weighted by Crippen LogP contribution is 2.22. The van der Waals surface area contributed by atoms with Crippen LogP contribution < -0.4 is 0 Å². The van der Waals surface area contributed by atoms with Crippen LogP contribution >= 0.6 is 0 Å². The first kappa shape index (κ1) is 13.5. The van der Waals surface area contributed by atoms with Crippen molar-refractivity contribution in [3.8, 4) is 0 Å². The average molecular weight is 249 g/mol. The third-order valence-electron chi connectivity index (χ3n) is 3.69. The summed E-state index contributed by atoms with van der Waals surface area (Å²) in [4.78, 5) is 2.20. The standard InChI is InChI=1S/C15H23NO2/c1-13-5-3-4-6-14(13)11-16(2)12-15(17)7-9-18-10-8-15/h3-6,17H,7-12H2,1-2H3. The molecule has 0 aliphatic carbocycles. The fourth-order valence-electron chi connectivity index (χ4n) is 2.55. The van der Waals surface area contributed by atoms with E-state index in [9.17, 15) is 5.11 Å². The largest absolute Gasteiger partial charge is 0.388 e. The zero-order valence-electron chi connectivity index (χ0n) is 11.4. The van der Waals surface area contributed by atoms with Crippen LogP contribution in [0.1, 0.15) is 24.0 Å². The Morgan fingerprint density at radius 1 is 1.28 bits per heavy atom. The van der Waals surface area contributed by atoms with Gasteiger partial charge in [-0.1, -0.05) is 24.3 Å². The molecule has 0 atom stereocenters. The maximum absolute atomic E-state index is 10.5. The molecule has 1 aromatic carbocycles. The molecular weight excluding hydrogens is 226 g/mol. The van der Waals surface area contributed by atoms with Crippen molar-refractivity contribution in [1.29, 1.82) is 0 Å². The van der Waals surface area contributed by atoms with E-state index in [-0.39, 0.29) is 0 Å². The lowest BCUT2D eigenvalue weighted by Gasteiger charge is -2.35. The molecular formula is C15H23NO2. The molecule has 100 valence electrons. The number of benzene rings is 1. The van der Waals surface area contributed by atoms with Gasteiger partial charge in [-0.05, 0) is 25.1 Å². The molecule has 3 heteroatoms. The van der Waals surface area contributed by atoms with Gasteiger partial charge in [0.1, 0.15) is 0 Å². The van der Waals surface area contributed by atoms with E-state index >= 15 is 0 Å². The summed E-state index contributed by atoms with van der Waals surface area (Å²) in [5.41, 5.74) is 2.06. The van der Waals surface area contributed by atoms with E-state index in [2.05, 4.69) is 43.1 Å². The van der Waals surface area contributed by atoms with Crippen molar-refractivity contribution in [2.75, 3.05) is 26.8 Å². The second kappa shape index (κ2) is 5.83. The van der Waals surface area contributed by atoms with Gasteiger partial charge in [0.2, 0.25) is 0 Å². The number of hydrogen-bond donors (Lipinski definition) is 1. The van der Waals surface area contributed by atoms with E-state index in [4.69, 9.17) is 4.74 Å². The summed E-state index contributed by atoms with van der Waals surface area (Å²) in [6.07, 6.45) is 1.48. The zero-order chi connectivity index (χ0) is 13.0. The minimum Gasteiger partial charge on any atom is -0.388 e. The van der Waals surface area contributed by atoms with Gasteiger partial charge in [-0.2, -0.15) is 0 Å². The predicted octanol–water partition coefficient (Wildman–Crippen LogP) is 1.97. The molecule has 0 bridgehead atoms. The minimum absolute atomic E-state index is 0.574. The molecule has 1 N–H and O–H groups in total. The van der Waals surface area contributed by atoms with Crippen LogP contribution in [-0.2, 0) is 11.3 Å². The Bertz CT molecular complexity index is 386. The monoisotopic (exact) mass is 249 g/mol. The van der Waals surface area contributed by atoms with E-state index < -0.39 is 5.60 Å². The van der Waals surface area contributed by atoms with Crippen LogP contribution in [0.25, 0.3) is 0 Å². The van der Waals surface area contributed by atoms with Crippen molar-refractivity contribution in [1.82, 2.24) is 4.90 Å². The summed E-state index contributed by atoms with van der Waals surface area (Å²) < 4.78 is 5.31. The van der Waals surface area contributed by atoms with Gasteiger partial charge in [0.05, 0.1) is 5.60 Å². The van der Waals surface area contributed by atoms with Crippen molar-refractivity contribution in [2.24, 2.45) is 0 Å². The van der Waals surface area contributed by atoms with E-state index in [1.54, 1.807) is 0 Å². The fraction of sp³-hybridized carbons (Fsp3) is 0.600. The Morgan fingerprint density at radius 2 is 1.94 bits per heavy atom.